The molecular formula is C17H22ClN5O. The molecule has 2 aromatic rings. The Morgan fingerprint density at radius 2 is 2.04 bits per heavy atom. The Hall–Kier alpha value is -1.66. The van der Waals surface area contributed by atoms with E-state index >= 15 is 0 Å². The van der Waals surface area contributed by atoms with Gasteiger partial charge in [-0.15, -0.1) is 10.2 Å². The molecule has 1 atom stereocenters. The van der Waals surface area contributed by atoms with Crippen LogP contribution in [-0.4, -0.2) is 37.2 Å². The summed E-state index contributed by atoms with van der Waals surface area (Å²) in [6, 6.07) is 2.78. The third-order valence-corrected chi connectivity index (χ3v) is 5.36. The average molecular weight is 348 g/mol. The van der Waals surface area contributed by atoms with Crippen LogP contribution in [0.3, 0.4) is 0 Å². The van der Waals surface area contributed by atoms with Crippen molar-refractivity contribution in [2.45, 2.75) is 57.8 Å². The molecule has 128 valence electrons. The van der Waals surface area contributed by atoms with Crippen molar-refractivity contribution in [2.24, 2.45) is 0 Å². The predicted octanol–water partition coefficient (Wildman–Crippen LogP) is 3.22. The quantitative estimate of drug-likeness (QED) is 0.850. The summed E-state index contributed by atoms with van der Waals surface area (Å²) < 4.78 is 7.98. The van der Waals surface area contributed by atoms with Crippen LogP contribution < -0.4 is 4.74 Å². The number of aromatic nitrogens is 4. The molecule has 1 fully saturated rings. The Kier molecular flexibility index (Phi) is 4.41. The Balaban J connectivity index is 1.47. The van der Waals surface area contributed by atoms with Crippen LogP contribution in [-0.2, 0) is 13.2 Å². The lowest BCUT2D eigenvalue weighted by atomic mass is 10.1. The molecule has 1 saturated carbocycles. The first-order valence-electron chi connectivity index (χ1n) is 8.63. The summed E-state index contributed by atoms with van der Waals surface area (Å²) in [5, 5.41) is 9.36. The zero-order valence-electron chi connectivity index (χ0n) is 13.9. The number of fused-ring (bicyclic) bond motifs is 1. The zero-order valence-corrected chi connectivity index (χ0v) is 14.6. The van der Waals surface area contributed by atoms with Gasteiger partial charge >= 0.3 is 0 Å². The first-order chi connectivity index (χ1) is 11.7. The third kappa shape index (κ3) is 3.00. The van der Waals surface area contributed by atoms with Crippen LogP contribution in [0.25, 0.3) is 0 Å². The molecule has 0 saturated heterocycles. The van der Waals surface area contributed by atoms with Gasteiger partial charge in [-0.3, -0.25) is 9.88 Å². The molecule has 6 nitrogen and oxygen atoms in total. The van der Waals surface area contributed by atoms with E-state index in [1.807, 2.05) is 0 Å². The normalized spacial score (nSPS) is 21.8. The average Bonchev–Trinajstić information content (AvgIpc) is 3.23. The summed E-state index contributed by atoms with van der Waals surface area (Å²) in [5.41, 5.74) is 0. The topological polar surface area (TPSA) is 56.1 Å². The molecule has 0 amide bonds. The van der Waals surface area contributed by atoms with Gasteiger partial charge < -0.3 is 9.30 Å². The second-order valence-electron chi connectivity index (χ2n) is 6.61. The highest BCUT2D eigenvalue weighted by atomic mass is 35.5. The molecule has 2 aliphatic rings. The van der Waals surface area contributed by atoms with Gasteiger partial charge in [-0.25, -0.2) is 0 Å². The highest BCUT2D eigenvalue weighted by Gasteiger charge is 2.33. The van der Waals surface area contributed by atoms with Crippen LogP contribution >= 0.6 is 11.6 Å². The molecule has 2 aromatic heterocycles. The number of rotatable bonds is 4. The molecule has 0 N–H and O–H groups in total. The number of hydrogen-bond donors (Lipinski definition) is 0. The number of nitrogens with zero attached hydrogens (tertiary/aromatic N) is 5. The number of ether oxygens (including phenoxy) is 1. The van der Waals surface area contributed by atoms with E-state index in [1.54, 1.807) is 18.5 Å². The van der Waals surface area contributed by atoms with Crippen LogP contribution in [0.2, 0.25) is 5.02 Å². The third-order valence-electron chi connectivity index (χ3n) is 5.15. The van der Waals surface area contributed by atoms with E-state index < -0.39 is 0 Å². The SMILES string of the molecule is C[C@H]1c2nnc(COc3cncc(Cl)c3)n2CCN1C1CCCC1. The number of hydrogen-bond acceptors (Lipinski definition) is 5. The maximum Gasteiger partial charge on any atom is 0.171 e. The molecule has 3 heterocycles. The van der Waals surface area contributed by atoms with E-state index in [2.05, 4.69) is 31.6 Å². The van der Waals surface area contributed by atoms with Crippen LogP contribution in [0.4, 0.5) is 0 Å². The van der Waals surface area contributed by atoms with Crippen molar-refractivity contribution in [3.63, 3.8) is 0 Å². The van der Waals surface area contributed by atoms with Crippen molar-refractivity contribution in [2.75, 3.05) is 6.54 Å². The minimum absolute atomic E-state index is 0.316. The lowest BCUT2D eigenvalue weighted by Crippen LogP contribution is -2.43. The van der Waals surface area contributed by atoms with Gasteiger partial charge in [0.1, 0.15) is 18.2 Å². The van der Waals surface area contributed by atoms with Gasteiger partial charge in [-0.05, 0) is 19.8 Å². The Morgan fingerprint density at radius 1 is 1.21 bits per heavy atom. The lowest BCUT2D eigenvalue weighted by Gasteiger charge is -2.37. The fourth-order valence-electron chi connectivity index (χ4n) is 3.92. The zero-order chi connectivity index (χ0) is 16.5. The van der Waals surface area contributed by atoms with Gasteiger partial charge in [-0.1, -0.05) is 24.4 Å². The molecule has 1 aliphatic heterocycles. The van der Waals surface area contributed by atoms with Crippen molar-refractivity contribution < 1.29 is 4.74 Å². The van der Waals surface area contributed by atoms with Gasteiger partial charge in [0.25, 0.3) is 0 Å². The highest BCUT2D eigenvalue weighted by molar-refractivity contribution is 6.30. The Labute approximate surface area is 146 Å². The summed E-state index contributed by atoms with van der Waals surface area (Å²) in [5.74, 6) is 2.56. The monoisotopic (exact) mass is 347 g/mol. The molecule has 0 aromatic carbocycles. The summed E-state index contributed by atoms with van der Waals surface area (Å²) >= 11 is 5.94. The number of pyridine rings is 1. The van der Waals surface area contributed by atoms with Crippen molar-refractivity contribution in [3.05, 3.63) is 35.1 Å². The largest absolute Gasteiger partial charge is 0.484 e. The van der Waals surface area contributed by atoms with Crippen molar-refractivity contribution in [1.82, 2.24) is 24.6 Å². The maximum atomic E-state index is 5.94. The summed E-state index contributed by atoms with van der Waals surface area (Å²) in [7, 11) is 0. The Morgan fingerprint density at radius 3 is 2.83 bits per heavy atom. The van der Waals surface area contributed by atoms with Gasteiger partial charge in [0, 0.05) is 31.4 Å². The van der Waals surface area contributed by atoms with E-state index in [-0.39, 0.29) is 0 Å². The smallest absolute Gasteiger partial charge is 0.171 e. The van der Waals surface area contributed by atoms with Crippen LogP contribution in [0.15, 0.2) is 18.5 Å². The fourth-order valence-corrected chi connectivity index (χ4v) is 4.08. The summed E-state index contributed by atoms with van der Waals surface area (Å²) in [4.78, 5) is 6.63. The van der Waals surface area contributed by atoms with Crippen LogP contribution in [0, 0.1) is 0 Å². The molecule has 0 spiro atoms. The summed E-state index contributed by atoms with van der Waals surface area (Å²) in [6.45, 7) is 4.60. The molecule has 0 unspecified atom stereocenters. The minimum atomic E-state index is 0.316. The molecule has 4 rings (SSSR count). The molecule has 24 heavy (non-hydrogen) atoms. The van der Waals surface area contributed by atoms with E-state index in [0.29, 0.717) is 29.5 Å². The van der Waals surface area contributed by atoms with Crippen molar-refractivity contribution in [3.8, 4) is 5.75 Å². The predicted molar refractivity (Wildman–Crippen MR) is 91.0 cm³/mol. The Bertz CT molecular complexity index is 713. The highest BCUT2D eigenvalue weighted by Crippen LogP contribution is 2.33. The molecular weight excluding hydrogens is 326 g/mol. The van der Waals surface area contributed by atoms with Crippen LogP contribution in [0.1, 0.15) is 50.3 Å². The van der Waals surface area contributed by atoms with Gasteiger partial charge in [0.05, 0.1) is 17.3 Å². The lowest BCUT2D eigenvalue weighted by molar-refractivity contribution is 0.108. The molecule has 0 bridgehead atoms. The van der Waals surface area contributed by atoms with E-state index in [1.165, 1.54) is 25.7 Å². The summed E-state index contributed by atoms with van der Waals surface area (Å²) in [6.07, 6.45) is 8.59. The second-order valence-corrected chi connectivity index (χ2v) is 7.04. The standard InChI is InChI=1S/C17H22ClN5O/c1-12-17-21-20-16(11-24-15-8-13(18)9-19-10-15)23(17)7-6-22(12)14-4-2-3-5-14/h8-10,12,14H,2-7,11H2,1H3/t12-/m0/s1. The van der Waals surface area contributed by atoms with E-state index in [0.717, 1.165) is 24.7 Å². The van der Waals surface area contributed by atoms with Gasteiger partial charge in [0.15, 0.2) is 5.82 Å². The minimum Gasteiger partial charge on any atom is -0.484 e. The van der Waals surface area contributed by atoms with E-state index in [9.17, 15) is 0 Å². The van der Waals surface area contributed by atoms with Gasteiger partial charge in [-0.2, -0.15) is 0 Å². The maximum absolute atomic E-state index is 5.94. The number of halogens is 1. The van der Waals surface area contributed by atoms with E-state index in [4.69, 9.17) is 16.3 Å². The molecule has 7 heteroatoms. The molecule has 1 aliphatic carbocycles. The molecule has 0 radical (unpaired) electrons. The van der Waals surface area contributed by atoms with Crippen molar-refractivity contribution >= 4 is 11.6 Å². The van der Waals surface area contributed by atoms with Crippen LogP contribution in [0.5, 0.6) is 5.75 Å². The first kappa shape index (κ1) is 15.8. The van der Waals surface area contributed by atoms with Gasteiger partial charge in [0.2, 0.25) is 0 Å². The second kappa shape index (κ2) is 6.69. The van der Waals surface area contributed by atoms with Crippen molar-refractivity contribution in [1.29, 1.82) is 0 Å². The fraction of sp³-hybridized carbons (Fsp3) is 0.588. The first-order valence-corrected chi connectivity index (χ1v) is 9.01.